The van der Waals surface area contributed by atoms with Gasteiger partial charge in [0.25, 0.3) is 0 Å². The Hall–Kier alpha value is -1.78. The van der Waals surface area contributed by atoms with Crippen LogP contribution in [-0.2, 0) is 11.0 Å². The topological polar surface area (TPSA) is 29.1 Å². The van der Waals surface area contributed by atoms with Crippen LogP contribution >= 0.6 is 0 Å². The second-order valence-electron chi connectivity index (χ2n) is 6.34. The third-order valence-electron chi connectivity index (χ3n) is 4.68. The standard InChI is InChI=1S/C18H22F3NO/c1-12-5-3-8-16(13(12)2)22-17(23)10-9-14-6-4-7-15(11-14)18(19,20)21/h4,6-7,9-13,16H,3,5,8H2,1-2H3,(H,22,23)/b10-9+/t12-,13+,16-/m0/s1. The lowest BCUT2D eigenvalue weighted by Gasteiger charge is -2.34. The van der Waals surface area contributed by atoms with E-state index in [1.807, 2.05) is 0 Å². The van der Waals surface area contributed by atoms with Gasteiger partial charge in [-0.15, -0.1) is 0 Å². The van der Waals surface area contributed by atoms with Crippen LogP contribution in [0.15, 0.2) is 30.3 Å². The summed E-state index contributed by atoms with van der Waals surface area (Å²) in [4.78, 5) is 12.0. The average Bonchev–Trinajstić information content (AvgIpc) is 2.49. The zero-order valence-corrected chi connectivity index (χ0v) is 13.4. The Bertz CT molecular complexity index is 580. The number of carbonyl (C=O) groups excluding carboxylic acids is 1. The van der Waals surface area contributed by atoms with E-state index in [0.717, 1.165) is 25.0 Å². The third-order valence-corrected chi connectivity index (χ3v) is 4.68. The van der Waals surface area contributed by atoms with E-state index in [-0.39, 0.29) is 11.9 Å². The Kier molecular flexibility index (Phi) is 5.50. The van der Waals surface area contributed by atoms with Crippen LogP contribution in [0.2, 0.25) is 0 Å². The van der Waals surface area contributed by atoms with E-state index in [1.165, 1.54) is 24.6 Å². The molecule has 1 aliphatic rings. The summed E-state index contributed by atoms with van der Waals surface area (Å²) in [5, 5.41) is 2.97. The summed E-state index contributed by atoms with van der Waals surface area (Å²) in [5.41, 5.74) is -0.352. The number of halogens is 3. The lowest BCUT2D eigenvalue weighted by Crippen LogP contribution is -2.43. The number of rotatable bonds is 3. The van der Waals surface area contributed by atoms with Gasteiger partial charge in [-0.05, 0) is 42.0 Å². The molecule has 0 heterocycles. The first-order valence-corrected chi connectivity index (χ1v) is 7.93. The summed E-state index contributed by atoms with van der Waals surface area (Å²) in [7, 11) is 0. The predicted molar refractivity (Wildman–Crippen MR) is 84.6 cm³/mol. The first kappa shape index (κ1) is 17.6. The number of hydrogen-bond donors (Lipinski definition) is 1. The van der Waals surface area contributed by atoms with Crippen LogP contribution in [-0.4, -0.2) is 11.9 Å². The number of nitrogens with one attached hydrogen (secondary N) is 1. The molecule has 1 amide bonds. The van der Waals surface area contributed by atoms with Crippen LogP contribution in [0.5, 0.6) is 0 Å². The van der Waals surface area contributed by atoms with Crippen molar-refractivity contribution in [2.45, 2.75) is 45.3 Å². The molecule has 0 aliphatic heterocycles. The average molecular weight is 325 g/mol. The van der Waals surface area contributed by atoms with Gasteiger partial charge in [0.15, 0.2) is 0 Å². The van der Waals surface area contributed by atoms with Crippen molar-refractivity contribution in [3.63, 3.8) is 0 Å². The van der Waals surface area contributed by atoms with Crippen LogP contribution in [0.25, 0.3) is 6.08 Å². The molecule has 1 N–H and O–H groups in total. The van der Waals surface area contributed by atoms with Crippen molar-refractivity contribution in [2.75, 3.05) is 0 Å². The van der Waals surface area contributed by atoms with E-state index < -0.39 is 11.7 Å². The van der Waals surface area contributed by atoms with Gasteiger partial charge in [-0.2, -0.15) is 13.2 Å². The van der Waals surface area contributed by atoms with Crippen LogP contribution in [0.4, 0.5) is 13.2 Å². The highest BCUT2D eigenvalue weighted by atomic mass is 19.4. The molecule has 2 nitrogen and oxygen atoms in total. The van der Waals surface area contributed by atoms with E-state index in [4.69, 9.17) is 0 Å². The van der Waals surface area contributed by atoms with Gasteiger partial charge in [0.05, 0.1) is 5.56 Å². The third kappa shape index (κ3) is 4.85. The van der Waals surface area contributed by atoms with E-state index in [9.17, 15) is 18.0 Å². The molecule has 3 atom stereocenters. The molecule has 23 heavy (non-hydrogen) atoms. The van der Waals surface area contributed by atoms with E-state index in [2.05, 4.69) is 19.2 Å². The van der Waals surface area contributed by atoms with E-state index in [0.29, 0.717) is 17.4 Å². The van der Waals surface area contributed by atoms with Gasteiger partial charge < -0.3 is 5.32 Å². The van der Waals surface area contributed by atoms with Gasteiger partial charge in [0.2, 0.25) is 5.91 Å². The van der Waals surface area contributed by atoms with Gasteiger partial charge in [-0.3, -0.25) is 4.79 Å². The molecule has 0 saturated heterocycles. The Morgan fingerprint density at radius 1 is 1.26 bits per heavy atom. The molecule has 2 rings (SSSR count). The molecule has 1 saturated carbocycles. The number of hydrogen-bond acceptors (Lipinski definition) is 1. The highest BCUT2D eigenvalue weighted by molar-refractivity contribution is 5.91. The van der Waals surface area contributed by atoms with Gasteiger partial charge >= 0.3 is 6.18 Å². The Labute approximate surface area is 134 Å². The maximum atomic E-state index is 12.7. The van der Waals surface area contributed by atoms with Crippen molar-refractivity contribution >= 4 is 12.0 Å². The molecular formula is C18H22F3NO. The molecule has 0 radical (unpaired) electrons. The summed E-state index contributed by atoms with van der Waals surface area (Å²) >= 11 is 0. The van der Waals surface area contributed by atoms with Crippen molar-refractivity contribution in [3.8, 4) is 0 Å². The smallest absolute Gasteiger partial charge is 0.350 e. The minimum Gasteiger partial charge on any atom is -0.350 e. The minimum atomic E-state index is -4.38. The fraction of sp³-hybridized carbons (Fsp3) is 0.500. The second-order valence-corrected chi connectivity index (χ2v) is 6.34. The molecule has 5 heteroatoms. The maximum absolute atomic E-state index is 12.7. The number of carbonyl (C=O) groups is 1. The normalized spacial score (nSPS) is 25.5. The first-order chi connectivity index (χ1) is 10.8. The number of amides is 1. The zero-order valence-electron chi connectivity index (χ0n) is 13.4. The highest BCUT2D eigenvalue weighted by Crippen LogP contribution is 2.30. The van der Waals surface area contributed by atoms with E-state index in [1.54, 1.807) is 6.07 Å². The summed E-state index contributed by atoms with van der Waals surface area (Å²) < 4.78 is 38.0. The first-order valence-electron chi connectivity index (χ1n) is 7.93. The molecule has 1 aromatic carbocycles. The Morgan fingerprint density at radius 2 is 2.00 bits per heavy atom. The van der Waals surface area contributed by atoms with Crippen LogP contribution < -0.4 is 5.32 Å². The fourth-order valence-corrected chi connectivity index (χ4v) is 3.01. The molecule has 126 valence electrons. The molecule has 1 aromatic rings. The zero-order chi connectivity index (χ0) is 17.0. The molecular weight excluding hydrogens is 303 g/mol. The summed E-state index contributed by atoms with van der Waals surface area (Å²) in [5.74, 6) is 0.726. The fourth-order valence-electron chi connectivity index (χ4n) is 3.01. The predicted octanol–water partition coefficient (Wildman–Crippen LogP) is 4.66. The molecule has 0 unspecified atom stereocenters. The quantitative estimate of drug-likeness (QED) is 0.805. The summed E-state index contributed by atoms with van der Waals surface area (Å²) in [6, 6.07) is 5.07. The maximum Gasteiger partial charge on any atom is 0.416 e. The van der Waals surface area contributed by atoms with Gasteiger partial charge in [0, 0.05) is 12.1 Å². The molecule has 0 bridgehead atoms. The van der Waals surface area contributed by atoms with Crippen molar-refractivity contribution < 1.29 is 18.0 Å². The van der Waals surface area contributed by atoms with Crippen molar-refractivity contribution in [1.29, 1.82) is 0 Å². The monoisotopic (exact) mass is 325 g/mol. The Morgan fingerprint density at radius 3 is 2.70 bits per heavy atom. The van der Waals surface area contributed by atoms with Crippen molar-refractivity contribution in [3.05, 3.63) is 41.5 Å². The van der Waals surface area contributed by atoms with Crippen LogP contribution in [0.3, 0.4) is 0 Å². The lowest BCUT2D eigenvalue weighted by atomic mass is 9.78. The number of benzene rings is 1. The number of alkyl halides is 3. The molecule has 1 aliphatic carbocycles. The molecule has 1 fully saturated rings. The van der Waals surface area contributed by atoms with E-state index >= 15 is 0 Å². The van der Waals surface area contributed by atoms with Crippen LogP contribution in [0, 0.1) is 11.8 Å². The van der Waals surface area contributed by atoms with Crippen LogP contribution in [0.1, 0.15) is 44.2 Å². The second kappa shape index (κ2) is 7.20. The Balaban J connectivity index is 1.98. The summed E-state index contributed by atoms with van der Waals surface area (Å²) in [6.07, 6.45) is 1.57. The largest absolute Gasteiger partial charge is 0.416 e. The van der Waals surface area contributed by atoms with Crippen molar-refractivity contribution in [1.82, 2.24) is 5.32 Å². The van der Waals surface area contributed by atoms with Crippen molar-refractivity contribution in [2.24, 2.45) is 11.8 Å². The van der Waals surface area contributed by atoms with Gasteiger partial charge in [-0.1, -0.05) is 38.8 Å². The van der Waals surface area contributed by atoms with Gasteiger partial charge in [0.1, 0.15) is 0 Å². The lowest BCUT2D eigenvalue weighted by molar-refractivity contribution is -0.137. The summed E-state index contributed by atoms with van der Waals surface area (Å²) in [6.45, 7) is 4.31. The minimum absolute atomic E-state index is 0.136. The highest BCUT2D eigenvalue weighted by Gasteiger charge is 2.30. The molecule has 0 spiro atoms. The SMILES string of the molecule is C[C@H]1[C@@H](NC(=O)/C=C/c2cccc(C(F)(F)F)c2)CCC[C@@H]1C. The van der Waals surface area contributed by atoms with Gasteiger partial charge in [-0.25, -0.2) is 0 Å². The molecule has 0 aromatic heterocycles.